The third-order valence-corrected chi connectivity index (χ3v) is 4.70. The van der Waals surface area contributed by atoms with Crippen LogP contribution in [-0.2, 0) is 22.2 Å². The van der Waals surface area contributed by atoms with Gasteiger partial charge < -0.3 is 10.6 Å². The molecule has 0 atom stereocenters. The summed E-state index contributed by atoms with van der Waals surface area (Å²) in [4.78, 5) is 24.9. The second-order valence-corrected chi connectivity index (χ2v) is 6.71. The van der Waals surface area contributed by atoms with Gasteiger partial charge >= 0.3 is 6.18 Å². The molecule has 0 saturated heterocycles. The van der Waals surface area contributed by atoms with E-state index in [-0.39, 0.29) is 24.5 Å². The summed E-state index contributed by atoms with van der Waals surface area (Å²) in [7, 11) is 0. The van der Waals surface area contributed by atoms with Crippen LogP contribution in [0.3, 0.4) is 0 Å². The topological polar surface area (TPSA) is 58.2 Å². The van der Waals surface area contributed by atoms with Crippen LogP contribution in [0, 0.1) is 11.2 Å². The van der Waals surface area contributed by atoms with Gasteiger partial charge in [0.1, 0.15) is 11.2 Å². The summed E-state index contributed by atoms with van der Waals surface area (Å²) in [5.74, 6) is -1.52. The standard InChI is InChI=1S/C20H18F4N2O2/c21-16-7-2-1-4-13(16)8-11-25-17(27)19(9-10-19)18(28)26-15-6-3-5-14(12-15)20(22,23)24/h1-7,12H,8-11H2,(H,25,27)(H,26,28). The van der Waals surface area contributed by atoms with Gasteiger partial charge in [0.2, 0.25) is 11.8 Å². The molecule has 1 aliphatic rings. The fourth-order valence-corrected chi connectivity index (χ4v) is 2.89. The number of benzene rings is 2. The van der Waals surface area contributed by atoms with Crippen LogP contribution in [0.25, 0.3) is 0 Å². The van der Waals surface area contributed by atoms with Gasteiger partial charge in [-0.2, -0.15) is 13.2 Å². The summed E-state index contributed by atoms with van der Waals surface area (Å²) >= 11 is 0. The average molecular weight is 394 g/mol. The van der Waals surface area contributed by atoms with E-state index < -0.39 is 29.0 Å². The van der Waals surface area contributed by atoms with Crippen molar-refractivity contribution in [2.45, 2.75) is 25.4 Å². The monoisotopic (exact) mass is 394 g/mol. The summed E-state index contributed by atoms with van der Waals surface area (Å²) in [6.07, 6.45) is -3.64. The number of amides is 2. The largest absolute Gasteiger partial charge is 0.416 e. The van der Waals surface area contributed by atoms with Crippen LogP contribution in [0.2, 0.25) is 0 Å². The molecule has 8 heteroatoms. The van der Waals surface area contributed by atoms with Gasteiger partial charge in [-0.15, -0.1) is 0 Å². The number of hydrogen-bond acceptors (Lipinski definition) is 2. The Morgan fingerprint density at radius 3 is 2.36 bits per heavy atom. The summed E-state index contributed by atoms with van der Waals surface area (Å²) < 4.78 is 51.9. The third-order valence-electron chi connectivity index (χ3n) is 4.70. The molecular weight excluding hydrogens is 376 g/mol. The molecule has 0 bridgehead atoms. The van der Waals surface area contributed by atoms with E-state index in [1.807, 2.05) is 0 Å². The molecule has 0 spiro atoms. The van der Waals surface area contributed by atoms with Crippen LogP contribution in [-0.4, -0.2) is 18.4 Å². The van der Waals surface area contributed by atoms with Crippen molar-refractivity contribution in [3.05, 3.63) is 65.5 Å². The maximum atomic E-state index is 13.6. The molecule has 0 heterocycles. The number of carbonyl (C=O) groups excluding carboxylic acids is 2. The first kappa shape index (κ1) is 19.9. The first-order chi connectivity index (χ1) is 13.2. The number of carbonyl (C=O) groups is 2. The lowest BCUT2D eigenvalue weighted by atomic mass is 10.0. The number of anilines is 1. The van der Waals surface area contributed by atoms with Crippen LogP contribution in [0.15, 0.2) is 48.5 Å². The first-order valence-corrected chi connectivity index (χ1v) is 8.73. The molecule has 4 nitrogen and oxygen atoms in total. The van der Waals surface area contributed by atoms with Crippen molar-refractivity contribution in [3.8, 4) is 0 Å². The Kier molecular flexibility index (Phi) is 5.40. The Hall–Kier alpha value is -2.90. The highest BCUT2D eigenvalue weighted by Crippen LogP contribution is 2.47. The lowest BCUT2D eigenvalue weighted by Gasteiger charge is -2.16. The quantitative estimate of drug-likeness (QED) is 0.576. The highest BCUT2D eigenvalue weighted by Gasteiger charge is 2.56. The minimum Gasteiger partial charge on any atom is -0.355 e. The molecule has 148 valence electrons. The summed E-state index contributed by atoms with van der Waals surface area (Å²) in [6.45, 7) is 0.151. The van der Waals surface area contributed by atoms with Gasteiger partial charge in [0.05, 0.1) is 5.56 Å². The Morgan fingerprint density at radius 1 is 1.00 bits per heavy atom. The van der Waals surface area contributed by atoms with E-state index in [0.717, 1.165) is 12.1 Å². The van der Waals surface area contributed by atoms with Gasteiger partial charge in [0.25, 0.3) is 0 Å². The number of alkyl halides is 3. The Labute approximate surface area is 158 Å². The zero-order chi connectivity index (χ0) is 20.4. The van der Waals surface area contributed by atoms with Gasteiger partial charge in [0.15, 0.2) is 0 Å². The first-order valence-electron chi connectivity index (χ1n) is 8.73. The van der Waals surface area contributed by atoms with E-state index >= 15 is 0 Å². The fraction of sp³-hybridized carbons (Fsp3) is 0.300. The van der Waals surface area contributed by atoms with Crippen molar-refractivity contribution in [1.29, 1.82) is 0 Å². The van der Waals surface area contributed by atoms with E-state index in [4.69, 9.17) is 0 Å². The number of rotatable bonds is 6. The maximum Gasteiger partial charge on any atom is 0.416 e. The number of hydrogen-bond donors (Lipinski definition) is 2. The van der Waals surface area contributed by atoms with Gasteiger partial charge in [-0.25, -0.2) is 4.39 Å². The van der Waals surface area contributed by atoms with Crippen molar-refractivity contribution in [2.75, 3.05) is 11.9 Å². The van der Waals surface area contributed by atoms with Gasteiger partial charge in [0, 0.05) is 12.2 Å². The molecule has 28 heavy (non-hydrogen) atoms. The predicted octanol–water partition coefficient (Wildman–Crippen LogP) is 3.92. The smallest absolute Gasteiger partial charge is 0.355 e. The maximum absolute atomic E-state index is 13.6. The Morgan fingerprint density at radius 2 is 1.71 bits per heavy atom. The SMILES string of the molecule is O=C(NCCc1ccccc1F)C1(C(=O)Nc2cccc(C(F)(F)F)c2)CC1. The average Bonchev–Trinajstić information content (AvgIpc) is 3.45. The van der Waals surface area contributed by atoms with Crippen LogP contribution >= 0.6 is 0 Å². The zero-order valence-corrected chi connectivity index (χ0v) is 14.8. The van der Waals surface area contributed by atoms with Crippen molar-refractivity contribution in [3.63, 3.8) is 0 Å². The van der Waals surface area contributed by atoms with Gasteiger partial charge in [-0.1, -0.05) is 24.3 Å². The minimum absolute atomic E-state index is 0.0229. The van der Waals surface area contributed by atoms with Crippen LogP contribution in [0.5, 0.6) is 0 Å². The molecule has 0 aromatic heterocycles. The summed E-state index contributed by atoms with van der Waals surface area (Å²) in [5, 5.41) is 5.01. The van der Waals surface area contributed by atoms with E-state index in [2.05, 4.69) is 10.6 Å². The molecular formula is C20H18F4N2O2. The van der Waals surface area contributed by atoms with Crippen molar-refractivity contribution in [2.24, 2.45) is 5.41 Å². The lowest BCUT2D eigenvalue weighted by molar-refractivity contribution is -0.138. The molecule has 2 amide bonds. The highest BCUT2D eigenvalue weighted by molar-refractivity contribution is 6.13. The van der Waals surface area contributed by atoms with Crippen molar-refractivity contribution in [1.82, 2.24) is 5.32 Å². The summed E-state index contributed by atoms with van der Waals surface area (Å²) in [5.41, 5.74) is -1.75. The molecule has 1 saturated carbocycles. The van der Waals surface area contributed by atoms with Gasteiger partial charge in [-0.3, -0.25) is 9.59 Å². The third kappa shape index (κ3) is 4.32. The Bertz CT molecular complexity index is 892. The van der Waals surface area contributed by atoms with Crippen LogP contribution < -0.4 is 10.6 Å². The van der Waals surface area contributed by atoms with Crippen molar-refractivity contribution >= 4 is 17.5 Å². The molecule has 3 rings (SSSR count). The van der Waals surface area contributed by atoms with E-state index in [0.29, 0.717) is 18.4 Å². The molecule has 1 aliphatic carbocycles. The normalized spacial score (nSPS) is 15.0. The molecule has 0 unspecified atom stereocenters. The molecule has 0 aliphatic heterocycles. The van der Waals surface area contributed by atoms with E-state index in [1.165, 1.54) is 18.2 Å². The molecule has 2 N–H and O–H groups in total. The lowest BCUT2D eigenvalue weighted by Crippen LogP contribution is -2.40. The highest BCUT2D eigenvalue weighted by atomic mass is 19.4. The fourth-order valence-electron chi connectivity index (χ4n) is 2.89. The van der Waals surface area contributed by atoms with Crippen molar-refractivity contribution < 1.29 is 27.2 Å². The second-order valence-electron chi connectivity index (χ2n) is 6.71. The Balaban J connectivity index is 1.59. The minimum atomic E-state index is -4.53. The van der Waals surface area contributed by atoms with Crippen LogP contribution in [0.1, 0.15) is 24.0 Å². The molecule has 1 fully saturated rings. The predicted molar refractivity (Wildman–Crippen MR) is 94.9 cm³/mol. The number of halogens is 4. The molecule has 2 aromatic rings. The summed E-state index contributed by atoms with van der Waals surface area (Å²) in [6, 6.07) is 10.4. The van der Waals surface area contributed by atoms with Crippen LogP contribution in [0.4, 0.5) is 23.2 Å². The zero-order valence-electron chi connectivity index (χ0n) is 14.8. The second kappa shape index (κ2) is 7.61. The van der Waals surface area contributed by atoms with Gasteiger partial charge in [-0.05, 0) is 49.1 Å². The molecule has 2 aromatic carbocycles. The molecule has 0 radical (unpaired) electrons. The van der Waals surface area contributed by atoms with E-state index in [1.54, 1.807) is 18.2 Å². The number of nitrogens with one attached hydrogen (secondary N) is 2. The van der Waals surface area contributed by atoms with E-state index in [9.17, 15) is 27.2 Å².